The van der Waals surface area contributed by atoms with Crippen LogP contribution < -0.4 is 5.32 Å². The van der Waals surface area contributed by atoms with E-state index in [1.807, 2.05) is 0 Å². The summed E-state index contributed by atoms with van der Waals surface area (Å²) in [6.07, 6.45) is 1.29. The van der Waals surface area contributed by atoms with Crippen LogP contribution in [0.2, 0.25) is 0 Å². The molecule has 1 saturated heterocycles. The molecule has 1 aromatic carbocycles. The van der Waals surface area contributed by atoms with Gasteiger partial charge >= 0.3 is 5.97 Å². The summed E-state index contributed by atoms with van der Waals surface area (Å²) in [6.45, 7) is 1.03. The fourth-order valence-corrected chi connectivity index (χ4v) is 2.64. The van der Waals surface area contributed by atoms with Crippen LogP contribution in [0.3, 0.4) is 0 Å². The third-order valence-electron chi connectivity index (χ3n) is 3.95. The Morgan fingerprint density at radius 1 is 1.39 bits per heavy atom. The van der Waals surface area contributed by atoms with Gasteiger partial charge in [0.2, 0.25) is 0 Å². The van der Waals surface area contributed by atoms with Gasteiger partial charge in [-0.1, -0.05) is 6.07 Å². The van der Waals surface area contributed by atoms with Crippen LogP contribution in [0.4, 0.5) is 5.69 Å². The summed E-state index contributed by atoms with van der Waals surface area (Å²) in [7, 11) is 0. The maximum atomic E-state index is 12.1. The number of carboxylic acids is 1. The Labute approximate surface area is 132 Å². The number of carbonyl (C=O) groups excluding carboxylic acids is 1. The van der Waals surface area contributed by atoms with E-state index in [1.54, 1.807) is 0 Å². The number of benzene rings is 1. The number of hydrogen-bond donors (Lipinski definition) is 2. The first-order valence-corrected chi connectivity index (χ1v) is 7.32. The lowest BCUT2D eigenvalue weighted by Crippen LogP contribution is -2.39. The minimum Gasteiger partial charge on any atom is -0.481 e. The monoisotopic (exact) mass is 322 g/mol. The largest absolute Gasteiger partial charge is 0.481 e. The number of aliphatic carboxylic acids is 1. The number of nitro benzene ring substituents is 1. The number of carboxylic acid groups (broad SMARTS) is 1. The zero-order chi connectivity index (χ0) is 16.8. The summed E-state index contributed by atoms with van der Waals surface area (Å²) >= 11 is 0. The van der Waals surface area contributed by atoms with Gasteiger partial charge in [0.15, 0.2) is 0 Å². The molecule has 1 aliphatic heterocycles. The fourth-order valence-electron chi connectivity index (χ4n) is 2.64. The smallest absolute Gasteiger partial charge is 0.308 e. The predicted molar refractivity (Wildman–Crippen MR) is 80.1 cm³/mol. The fraction of sp³-hybridized carbons (Fsp3) is 0.467. The number of amides is 1. The molecule has 0 bridgehead atoms. The summed E-state index contributed by atoms with van der Waals surface area (Å²) in [6, 6.07) is 5.32. The van der Waals surface area contributed by atoms with Gasteiger partial charge in [-0.2, -0.15) is 0 Å². The van der Waals surface area contributed by atoms with E-state index >= 15 is 0 Å². The Bertz CT molecular complexity index is 597. The quantitative estimate of drug-likeness (QED) is 0.604. The average molecular weight is 322 g/mol. The number of nitrogens with one attached hydrogen (secondary N) is 1. The second kappa shape index (κ2) is 7.68. The number of ether oxygens (including phenoxy) is 1. The summed E-state index contributed by atoms with van der Waals surface area (Å²) in [5.41, 5.74) is -0.0489. The van der Waals surface area contributed by atoms with Crippen molar-refractivity contribution in [1.29, 1.82) is 0 Å². The summed E-state index contributed by atoms with van der Waals surface area (Å²) in [5.74, 6) is -2.23. The van der Waals surface area contributed by atoms with E-state index in [-0.39, 0.29) is 23.7 Å². The molecule has 8 nitrogen and oxygen atoms in total. The summed E-state index contributed by atoms with van der Waals surface area (Å²) in [5, 5.41) is 22.6. The van der Waals surface area contributed by atoms with Crippen LogP contribution in [-0.2, 0) is 9.53 Å². The Morgan fingerprint density at radius 2 is 2.09 bits per heavy atom. The molecule has 0 spiro atoms. The Balaban J connectivity index is 1.99. The topological polar surface area (TPSA) is 119 Å². The Kier molecular flexibility index (Phi) is 5.64. The molecule has 2 rings (SSSR count). The highest BCUT2D eigenvalue weighted by Crippen LogP contribution is 2.24. The molecule has 1 unspecified atom stereocenters. The minimum absolute atomic E-state index is 0.0124. The third-order valence-corrected chi connectivity index (χ3v) is 3.95. The van der Waals surface area contributed by atoms with Gasteiger partial charge in [-0.25, -0.2) is 0 Å². The van der Waals surface area contributed by atoms with Crippen molar-refractivity contribution in [3.05, 3.63) is 39.9 Å². The molecular weight excluding hydrogens is 304 g/mol. The Hall–Kier alpha value is -2.48. The Morgan fingerprint density at radius 3 is 2.70 bits per heavy atom. The van der Waals surface area contributed by atoms with Crippen molar-refractivity contribution >= 4 is 17.6 Å². The van der Waals surface area contributed by atoms with E-state index in [2.05, 4.69) is 5.32 Å². The standard InChI is InChI=1S/C15H18N2O6/c18-14(11-2-1-3-12(8-11)17(21)22)16-9-13(15(19)20)10-4-6-23-7-5-10/h1-3,8,10,13H,4-7,9H2,(H,16,18)(H,19,20). The third kappa shape index (κ3) is 4.49. The predicted octanol–water partition coefficient (Wildman–Crippen LogP) is 1.45. The maximum Gasteiger partial charge on any atom is 0.308 e. The average Bonchev–Trinajstić information content (AvgIpc) is 2.55. The van der Waals surface area contributed by atoms with Gasteiger partial charge in [0.05, 0.1) is 10.8 Å². The van der Waals surface area contributed by atoms with Crippen LogP contribution in [0.1, 0.15) is 23.2 Å². The highest BCUT2D eigenvalue weighted by Gasteiger charge is 2.30. The first-order valence-electron chi connectivity index (χ1n) is 7.32. The van der Waals surface area contributed by atoms with E-state index < -0.39 is 22.7 Å². The molecule has 1 heterocycles. The highest BCUT2D eigenvalue weighted by atomic mass is 16.6. The van der Waals surface area contributed by atoms with E-state index in [0.717, 1.165) is 0 Å². The number of carbonyl (C=O) groups is 2. The van der Waals surface area contributed by atoms with Crippen LogP contribution in [0.5, 0.6) is 0 Å². The van der Waals surface area contributed by atoms with E-state index in [4.69, 9.17) is 4.74 Å². The van der Waals surface area contributed by atoms with Crippen molar-refractivity contribution in [2.75, 3.05) is 19.8 Å². The zero-order valence-electron chi connectivity index (χ0n) is 12.4. The van der Waals surface area contributed by atoms with Gasteiger partial charge in [0.1, 0.15) is 0 Å². The molecule has 2 N–H and O–H groups in total. The lowest BCUT2D eigenvalue weighted by Gasteiger charge is -2.27. The number of nitro groups is 1. The molecule has 0 aliphatic carbocycles. The molecule has 1 amide bonds. The van der Waals surface area contributed by atoms with Crippen molar-refractivity contribution in [3.8, 4) is 0 Å². The van der Waals surface area contributed by atoms with Gasteiger partial charge in [-0.05, 0) is 24.8 Å². The molecule has 0 aromatic heterocycles. The molecule has 1 fully saturated rings. The number of nitrogens with zero attached hydrogens (tertiary/aromatic N) is 1. The first kappa shape index (κ1) is 16.9. The second-order valence-electron chi connectivity index (χ2n) is 5.41. The maximum absolute atomic E-state index is 12.1. The van der Waals surface area contributed by atoms with Gasteiger partial charge in [-0.15, -0.1) is 0 Å². The van der Waals surface area contributed by atoms with E-state index in [9.17, 15) is 24.8 Å². The number of rotatable bonds is 6. The van der Waals surface area contributed by atoms with Gasteiger partial charge in [0.25, 0.3) is 11.6 Å². The van der Waals surface area contributed by atoms with Crippen molar-refractivity contribution < 1.29 is 24.4 Å². The SMILES string of the molecule is O=C(NCC(C(=O)O)C1CCOCC1)c1cccc([N+](=O)[O-])c1. The zero-order valence-corrected chi connectivity index (χ0v) is 12.4. The lowest BCUT2D eigenvalue weighted by atomic mass is 9.86. The molecule has 0 saturated carbocycles. The van der Waals surface area contributed by atoms with Crippen molar-refractivity contribution in [2.45, 2.75) is 12.8 Å². The molecular formula is C15H18N2O6. The van der Waals surface area contributed by atoms with Crippen molar-refractivity contribution in [1.82, 2.24) is 5.32 Å². The second-order valence-corrected chi connectivity index (χ2v) is 5.41. The number of non-ortho nitro benzene ring substituents is 1. The van der Waals surface area contributed by atoms with Crippen LogP contribution in [0, 0.1) is 22.0 Å². The normalized spacial score (nSPS) is 16.5. The first-order chi connectivity index (χ1) is 11.0. The van der Waals surface area contributed by atoms with Crippen LogP contribution in [-0.4, -0.2) is 41.7 Å². The van der Waals surface area contributed by atoms with E-state index in [1.165, 1.54) is 24.3 Å². The molecule has 1 aliphatic rings. The summed E-state index contributed by atoms with van der Waals surface area (Å²) < 4.78 is 5.22. The van der Waals surface area contributed by atoms with Crippen LogP contribution in [0.15, 0.2) is 24.3 Å². The van der Waals surface area contributed by atoms with Gasteiger partial charge in [-0.3, -0.25) is 19.7 Å². The summed E-state index contributed by atoms with van der Waals surface area (Å²) in [4.78, 5) is 33.6. The van der Waals surface area contributed by atoms with Gasteiger partial charge in [0, 0.05) is 37.5 Å². The van der Waals surface area contributed by atoms with Crippen molar-refractivity contribution in [2.24, 2.45) is 11.8 Å². The van der Waals surface area contributed by atoms with Crippen molar-refractivity contribution in [3.63, 3.8) is 0 Å². The highest BCUT2D eigenvalue weighted by molar-refractivity contribution is 5.95. The molecule has 1 aromatic rings. The lowest BCUT2D eigenvalue weighted by molar-refractivity contribution is -0.384. The molecule has 0 radical (unpaired) electrons. The minimum atomic E-state index is -0.962. The molecule has 124 valence electrons. The van der Waals surface area contributed by atoms with E-state index in [0.29, 0.717) is 26.1 Å². The van der Waals surface area contributed by atoms with Gasteiger partial charge < -0.3 is 15.2 Å². The molecule has 1 atom stereocenters. The van der Waals surface area contributed by atoms with Crippen LogP contribution in [0.25, 0.3) is 0 Å². The molecule has 8 heteroatoms. The van der Waals surface area contributed by atoms with Crippen LogP contribution >= 0.6 is 0 Å². The number of hydrogen-bond acceptors (Lipinski definition) is 5. The molecule has 23 heavy (non-hydrogen) atoms.